The monoisotopic (exact) mass is 261 g/mol. The first-order chi connectivity index (χ1) is 7.44. The van der Waals surface area contributed by atoms with Crippen molar-refractivity contribution in [2.75, 3.05) is 18.6 Å². The molecule has 0 aliphatic rings. The van der Waals surface area contributed by atoms with E-state index >= 15 is 0 Å². The molecular formula is C11H19NO2S2. The van der Waals surface area contributed by atoms with Gasteiger partial charge in [0.05, 0.1) is 11.8 Å². The number of nitrogens with one attached hydrogen (secondary N) is 1. The first kappa shape index (κ1) is 13.7. The van der Waals surface area contributed by atoms with E-state index in [0.717, 1.165) is 17.8 Å². The quantitative estimate of drug-likeness (QED) is 0.853. The van der Waals surface area contributed by atoms with Crippen LogP contribution in [0.4, 0.5) is 0 Å². The summed E-state index contributed by atoms with van der Waals surface area (Å²) in [7, 11) is -2.95. The topological polar surface area (TPSA) is 46.2 Å². The Balaban J connectivity index is 2.83. The summed E-state index contributed by atoms with van der Waals surface area (Å²) in [4.78, 5) is 1.14. The first-order valence-corrected chi connectivity index (χ1v) is 8.33. The van der Waals surface area contributed by atoms with Crippen molar-refractivity contribution in [2.24, 2.45) is 0 Å². The molecule has 1 aromatic heterocycles. The number of thiophene rings is 1. The van der Waals surface area contributed by atoms with Crippen LogP contribution in [0.2, 0.25) is 0 Å². The van der Waals surface area contributed by atoms with Crippen LogP contribution in [-0.4, -0.2) is 27.0 Å². The minimum absolute atomic E-state index is 0.0602. The van der Waals surface area contributed by atoms with Crippen LogP contribution in [0.15, 0.2) is 11.4 Å². The van der Waals surface area contributed by atoms with Gasteiger partial charge in [-0.3, -0.25) is 0 Å². The maximum Gasteiger partial charge on any atom is 0.149 e. The highest BCUT2D eigenvalue weighted by molar-refractivity contribution is 7.90. The van der Waals surface area contributed by atoms with E-state index in [0.29, 0.717) is 0 Å². The Hall–Kier alpha value is -0.390. The molecule has 3 nitrogen and oxygen atoms in total. The van der Waals surface area contributed by atoms with Gasteiger partial charge in [0.25, 0.3) is 0 Å². The van der Waals surface area contributed by atoms with Gasteiger partial charge in [-0.15, -0.1) is 11.3 Å². The Morgan fingerprint density at radius 2 is 2.19 bits per heavy atom. The molecule has 1 unspecified atom stereocenters. The smallest absolute Gasteiger partial charge is 0.149 e. The zero-order chi connectivity index (χ0) is 12.2. The summed E-state index contributed by atoms with van der Waals surface area (Å²) >= 11 is 1.62. The van der Waals surface area contributed by atoms with Gasteiger partial charge in [0.1, 0.15) is 9.84 Å². The van der Waals surface area contributed by atoms with E-state index in [2.05, 4.69) is 12.2 Å². The molecule has 0 aliphatic carbocycles. The molecule has 5 heteroatoms. The number of sulfone groups is 1. The fraction of sp³-hybridized carbons (Fsp3) is 0.636. The molecule has 1 atom stereocenters. The van der Waals surface area contributed by atoms with Gasteiger partial charge in [-0.05, 0) is 36.9 Å². The second kappa shape index (κ2) is 5.80. The van der Waals surface area contributed by atoms with Gasteiger partial charge in [-0.1, -0.05) is 6.92 Å². The lowest BCUT2D eigenvalue weighted by Gasteiger charge is -2.17. The highest BCUT2D eigenvalue weighted by atomic mass is 32.2. The lowest BCUT2D eigenvalue weighted by Crippen LogP contribution is -2.28. The number of hydrogen-bond acceptors (Lipinski definition) is 4. The molecule has 0 aliphatic heterocycles. The van der Waals surface area contributed by atoms with E-state index in [1.54, 1.807) is 11.3 Å². The predicted molar refractivity (Wildman–Crippen MR) is 69.8 cm³/mol. The Labute approximate surface area is 102 Å². The molecule has 0 saturated heterocycles. The third-order valence-electron chi connectivity index (χ3n) is 2.33. The lowest BCUT2D eigenvalue weighted by atomic mass is 10.2. The van der Waals surface area contributed by atoms with Crippen LogP contribution in [0.5, 0.6) is 0 Å². The van der Waals surface area contributed by atoms with E-state index < -0.39 is 9.84 Å². The second-order valence-electron chi connectivity index (χ2n) is 4.07. The van der Waals surface area contributed by atoms with Crippen molar-refractivity contribution in [3.8, 4) is 0 Å². The maximum absolute atomic E-state index is 11.4. The fourth-order valence-corrected chi connectivity index (χ4v) is 3.59. The third-order valence-corrected chi connectivity index (χ3v) is 4.40. The maximum atomic E-state index is 11.4. The van der Waals surface area contributed by atoms with Gasteiger partial charge >= 0.3 is 0 Å². The van der Waals surface area contributed by atoms with Gasteiger partial charge in [-0.2, -0.15) is 0 Å². The molecule has 1 heterocycles. The second-order valence-corrected chi connectivity index (χ2v) is 7.20. The lowest BCUT2D eigenvalue weighted by molar-refractivity contribution is 0.553. The summed E-state index contributed by atoms with van der Waals surface area (Å²) in [6.45, 7) is 4.94. The van der Waals surface area contributed by atoms with E-state index in [1.807, 2.05) is 18.4 Å². The van der Waals surface area contributed by atoms with Crippen molar-refractivity contribution in [1.29, 1.82) is 0 Å². The van der Waals surface area contributed by atoms with Crippen molar-refractivity contribution in [2.45, 2.75) is 26.3 Å². The van der Waals surface area contributed by atoms with Crippen molar-refractivity contribution in [3.05, 3.63) is 21.9 Å². The van der Waals surface area contributed by atoms with Gasteiger partial charge in [0.2, 0.25) is 0 Å². The summed E-state index contributed by atoms with van der Waals surface area (Å²) in [5.74, 6) is 0.175. The van der Waals surface area contributed by atoms with Crippen LogP contribution in [0, 0.1) is 6.92 Å². The van der Waals surface area contributed by atoms with E-state index in [4.69, 9.17) is 0 Å². The molecule has 0 fully saturated rings. The van der Waals surface area contributed by atoms with Crippen molar-refractivity contribution in [3.63, 3.8) is 0 Å². The molecule has 1 aromatic rings. The fourth-order valence-electron chi connectivity index (χ4n) is 1.59. The zero-order valence-corrected chi connectivity index (χ0v) is 11.6. The molecule has 1 N–H and O–H groups in total. The summed E-state index contributed by atoms with van der Waals surface area (Å²) in [6.07, 6.45) is 2.29. The molecule has 0 bridgehead atoms. The normalized spacial score (nSPS) is 13.9. The zero-order valence-electron chi connectivity index (χ0n) is 9.99. The van der Waals surface area contributed by atoms with Crippen molar-refractivity contribution >= 4 is 21.2 Å². The standard InChI is InChI=1S/C11H19NO2S2/c1-4-6-12-10(8-16(3,13)14)11-9(2)5-7-15-11/h5,7,10,12H,4,6,8H2,1-3H3. The van der Waals surface area contributed by atoms with E-state index in [9.17, 15) is 8.42 Å². The van der Waals surface area contributed by atoms with Gasteiger partial charge in [0.15, 0.2) is 0 Å². The summed E-state index contributed by atoms with van der Waals surface area (Å²) < 4.78 is 22.8. The van der Waals surface area contributed by atoms with Crippen molar-refractivity contribution < 1.29 is 8.42 Å². The molecule has 0 spiro atoms. The van der Waals surface area contributed by atoms with Gasteiger partial charge in [-0.25, -0.2) is 8.42 Å². The Kier molecular flexibility index (Phi) is 4.95. The number of aryl methyl sites for hydroxylation is 1. The summed E-state index contributed by atoms with van der Waals surface area (Å²) in [6, 6.07) is 1.97. The minimum Gasteiger partial charge on any atom is -0.308 e. The predicted octanol–water partition coefficient (Wildman–Crippen LogP) is 2.14. The van der Waals surface area contributed by atoms with E-state index in [-0.39, 0.29) is 11.8 Å². The minimum atomic E-state index is -2.95. The van der Waals surface area contributed by atoms with Crippen LogP contribution < -0.4 is 5.32 Å². The first-order valence-electron chi connectivity index (χ1n) is 5.39. The Bertz CT molecular complexity index is 423. The molecule has 0 radical (unpaired) electrons. The molecule has 1 rings (SSSR count). The molecule has 16 heavy (non-hydrogen) atoms. The SMILES string of the molecule is CCCNC(CS(C)(=O)=O)c1sccc1C. The van der Waals surface area contributed by atoms with Gasteiger partial charge in [0, 0.05) is 11.1 Å². The summed E-state index contributed by atoms with van der Waals surface area (Å²) in [5.41, 5.74) is 1.17. The molecular weight excluding hydrogens is 242 g/mol. The van der Waals surface area contributed by atoms with E-state index in [1.165, 1.54) is 11.8 Å². The van der Waals surface area contributed by atoms with Crippen LogP contribution >= 0.6 is 11.3 Å². The van der Waals surface area contributed by atoms with Crippen LogP contribution in [0.25, 0.3) is 0 Å². The van der Waals surface area contributed by atoms with Crippen LogP contribution in [0.3, 0.4) is 0 Å². The third kappa shape index (κ3) is 4.23. The number of rotatable bonds is 6. The van der Waals surface area contributed by atoms with Crippen molar-refractivity contribution in [1.82, 2.24) is 5.32 Å². The molecule has 92 valence electrons. The molecule has 0 saturated carbocycles. The largest absolute Gasteiger partial charge is 0.308 e. The van der Waals surface area contributed by atoms with Crippen LogP contribution in [-0.2, 0) is 9.84 Å². The van der Waals surface area contributed by atoms with Gasteiger partial charge < -0.3 is 5.32 Å². The highest BCUT2D eigenvalue weighted by Crippen LogP contribution is 2.24. The Morgan fingerprint density at radius 3 is 2.62 bits per heavy atom. The van der Waals surface area contributed by atoms with Crippen LogP contribution in [0.1, 0.15) is 29.8 Å². The highest BCUT2D eigenvalue weighted by Gasteiger charge is 2.19. The Morgan fingerprint density at radius 1 is 1.50 bits per heavy atom. The molecule has 0 amide bonds. The average molecular weight is 261 g/mol. The summed E-state index contributed by atoms with van der Waals surface area (Å²) in [5, 5.41) is 5.31. The molecule has 0 aromatic carbocycles. The number of hydrogen-bond donors (Lipinski definition) is 1. The average Bonchev–Trinajstić information content (AvgIpc) is 2.57.